The molecule has 0 saturated carbocycles. The van der Waals surface area contributed by atoms with E-state index in [1.807, 2.05) is 0 Å². The van der Waals surface area contributed by atoms with E-state index in [9.17, 15) is 19.5 Å². The summed E-state index contributed by atoms with van der Waals surface area (Å²) in [6, 6.07) is 12.6. The van der Waals surface area contributed by atoms with Crippen molar-refractivity contribution in [2.45, 2.75) is 11.7 Å². The summed E-state index contributed by atoms with van der Waals surface area (Å²) in [6.45, 7) is 0. The Labute approximate surface area is 170 Å². The van der Waals surface area contributed by atoms with Crippen LogP contribution in [0, 0.1) is 0 Å². The molecule has 28 heavy (non-hydrogen) atoms. The molecule has 0 aliphatic carbocycles. The van der Waals surface area contributed by atoms with Crippen molar-refractivity contribution in [1.82, 2.24) is 4.90 Å². The van der Waals surface area contributed by atoms with E-state index in [-0.39, 0.29) is 17.9 Å². The van der Waals surface area contributed by atoms with Gasteiger partial charge in [-0.1, -0.05) is 41.6 Å². The Morgan fingerprint density at radius 3 is 2.71 bits per heavy atom. The van der Waals surface area contributed by atoms with E-state index < -0.39 is 17.1 Å². The largest absolute Gasteiger partial charge is 0.545 e. The number of carbonyl (C=O) groups excluding carboxylic acids is 3. The van der Waals surface area contributed by atoms with Gasteiger partial charge in [0.25, 0.3) is 0 Å². The van der Waals surface area contributed by atoms with Crippen LogP contribution in [0.5, 0.6) is 0 Å². The first-order valence-corrected chi connectivity index (χ1v) is 9.49. The highest BCUT2D eigenvalue weighted by Gasteiger charge is 2.34. The summed E-state index contributed by atoms with van der Waals surface area (Å²) in [7, 11) is 1.59. The summed E-state index contributed by atoms with van der Waals surface area (Å²) >= 11 is 7.12. The van der Waals surface area contributed by atoms with Crippen LogP contribution in [-0.4, -0.2) is 40.1 Å². The monoisotopic (exact) mass is 416 g/mol. The first-order valence-electron chi connectivity index (χ1n) is 8.23. The standard InChI is InChI=1S/C19H16ClN3O4S/c1-23-16(24)10-15(28-19(23)22-14-7-3-5-12(20)9-14)17(25)21-13-6-2-4-11(8-13)18(26)27/h2-9,15H,10H2,1H3,(H,21,25)(H,26,27)/p-1/t15-/m1/s1. The molecule has 0 aromatic heterocycles. The van der Waals surface area contributed by atoms with Crippen LogP contribution < -0.4 is 10.4 Å². The third kappa shape index (κ3) is 4.71. The molecule has 0 bridgehead atoms. The first kappa shape index (κ1) is 19.9. The highest BCUT2D eigenvalue weighted by atomic mass is 35.5. The maximum absolute atomic E-state index is 12.6. The summed E-state index contributed by atoms with van der Waals surface area (Å²) in [6.07, 6.45) is 0.00173. The van der Waals surface area contributed by atoms with Gasteiger partial charge in [-0.25, -0.2) is 4.99 Å². The first-order chi connectivity index (χ1) is 13.3. The number of carboxylic acid groups (broad SMARTS) is 1. The van der Waals surface area contributed by atoms with Crippen LogP contribution in [0.25, 0.3) is 0 Å². The zero-order valence-corrected chi connectivity index (χ0v) is 16.3. The number of hydrogen-bond acceptors (Lipinski definition) is 6. The third-order valence-electron chi connectivity index (χ3n) is 3.96. The van der Waals surface area contributed by atoms with Crippen molar-refractivity contribution in [1.29, 1.82) is 0 Å². The summed E-state index contributed by atoms with van der Waals surface area (Å²) in [5, 5.41) is 13.8. The highest BCUT2D eigenvalue weighted by Crippen LogP contribution is 2.29. The van der Waals surface area contributed by atoms with Crippen molar-refractivity contribution in [2.75, 3.05) is 12.4 Å². The second-order valence-electron chi connectivity index (χ2n) is 6.00. The van der Waals surface area contributed by atoms with Gasteiger partial charge in [-0.3, -0.25) is 14.5 Å². The number of nitrogens with one attached hydrogen (secondary N) is 1. The van der Waals surface area contributed by atoms with Crippen LogP contribution in [0.1, 0.15) is 16.8 Å². The van der Waals surface area contributed by atoms with Gasteiger partial charge in [0.2, 0.25) is 11.8 Å². The summed E-state index contributed by atoms with van der Waals surface area (Å²) in [5.41, 5.74) is 0.831. The number of nitrogens with zero attached hydrogens (tertiary/aromatic N) is 2. The summed E-state index contributed by atoms with van der Waals surface area (Å²) < 4.78 is 0. The van der Waals surface area contributed by atoms with Gasteiger partial charge in [0.15, 0.2) is 5.17 Å². The highest BCUT2D eigenvalue weighted by molar-refractivity contribution is 8.15. The Hall–Kier alpha value is -2.84. The van der Waals surface area contributed by atoms with Gasteiger partial charge in [-0.15, -0.1) is 0 Å². The van der Waals surface area contributed by atoms with Gasteiger partial charge >= 0.3 is 0 Å². The summed E-state index contributed by atoms with van der Waals surface area (Å²) in [4.78, 5) is 41.7. The Balaban J connectivity index is 1.78. The Bertz CT molecular complexity index is 979. The second-order valence-corrected chi connectivity index (χ2v) is 7.60. The quantitative estimate of drug-likeness (QED) is 0.823. The predicted octanol–water partition coefficient (Wildman–Crippen LogP) is 2.29. The summed E-state index contributed by atoms with van der Waals surface area (Å²) in [5.74, 6) is -2.00. The number of amides is 2. The maximum Gasteiger partial charge on any atom is 0.238 e. The molecule has 1 fully saturated rings. The topological polar surface area (TPSA) is 102 Å². The van der Waals surface area contributed by atoms with E-state index in [4.69, 9.17) is 11.6 Å². The molecule has 3 rings (SSSR count). The van der Waals surface area contributed by atoms with Crippen LogP contribution >= 0.6 is 23.4 Å². The lowest BCUT2D eigenvalue weighted by atomic mass is 10.2. The average Bonchev–Trinajstić information content (AvgIpc) is 2.65. The van der Waals surface area contributed by atoms with Gasteiger partial charge in [-0.05, 0) is 35.9 Å². The number of amidine groups is 1. The van der Waals surface area contributed by atoms with Crippen LogP contribution in [0.2, 0.25) is 5.02 Å². The fourth-order valence-electron chi connectivity index (χ4n) is 2.50. The lowest BCUT2D eigenvalue weighted by Crippen LogP contribution is -2.43. The molecule has 9 heteroatoms. The fourth-order valence-corrected chi connectivity index (χ4v) is 3.75. The zero-order chi connectivity index (χ0) is 20.3. The molecule has 1 saturated heterocycles. The van der Waals surface area contributed by atoms with Gasteiger partial charge in [0, 0.05) is 24.2 Å². The Kier molecular flexibility index (Phi) is 6.01. The van der Waals surface area contributed by atoms with Crippen LogP contribution in [-0.2, 0) is 9.59 Å². The van der Waals surface area contributed by atoms with E-state index in [1.165, 1.54) is 23.1 Å². The van der Waals surface area contributed by atoms with Gasteiger partial charge < -0.3 is 15.2 Å². The molecule has 1 N–H and O–H groups in total. The van der Waals surface area contributed by atoms with E-state index in [0.717, 1.165) is 11.8 Å². The lowest BCUT2D eigenvalue weighted by Gasteiger charge is -2.28. The number of anilines is 1. The van der Waals surface area contributed by atoms with Gasteiger partial charge in [0.1, 0.15) is 5.25 Å². The van der Waals surface area contributed by atoms with E-state index in [2.05, 4.69) is 10.3 Å². The number of rotatable bonds is 4. The molecule has 0 radical (unpaired) electrons. The van der Waals surface area contributed by atoms with E-state index in [0.29, 0.717) is 21.6 Å². The molecule has 0 unspecified atom stereocenters. The zero-order valence-electron chi connectivity index (χ0n) is 14.7. The minimum Gasteiger partial charge on any atom is -0.545 e. The minimum absolute atomic E-state index is 0.00173. The van der Waals surface area contributed by atoms with Crippen molar-refractivity contribution >= 4 is 57.7 Å². The number of aliphatic imine (C=N–C) groups is 1. The molecule has 1 atom stereocenters. The number of aromatic carboxylic acids is 1. The molecule has 1 aliphatic rings. The van der Waals surface area contributed by atoms with Crippen LogP contribution in [0.4, 0.5) is 11.4 Å². The number of benzene rings is 2. The molecule has 2 amide bonds. The van der Waals surface area contributed by atoms with Gasteiger partial charge in [-0.2, -0.15) is 0 Å². The van der Waals surface area contributed by atoms with Gasteiger partial charge in [0.05, 0.1) is 11.7 Å². The smallest absolute Gasteiger partial charge is 0.238 e. The molecule has 144 valence electrons. The average molecular weight is 417 g/mol. The minimum atomic E-state index is -1.34. The van der Waals surface area contributed by atoms with Crippen LogP contribution in [0.3, 0.4) is 0 Å². The lowest BCUT2D eigenvalue weighted by molar-refractivity contribution is -0.255. The SMILES string of the molecule is CN1C(=O)C[C@H](C(=O)Nc2cccc(C(=O)[O-])c2)SC1=Nc1cccc(Cl)c1. The molecule has 2 aromatic rings. The Morgan fingerprint density at radius 2 is 2.00 bits per heavy atom. The molecule has 2 aromatic carbocycles. The fraction of sp³-hybridized carbons (Fsp3) is 0.158. The number of carbonyl (C=O) groups is 3. The molecule has 1 heterocycles. The number of hydrogen-bond donors (Lipinski definition) is 1. The maximum atomic E-state index is 12.6. The normalized spacial score (nSPS) is 18.2. The number of halogens is 1. The van der Waals surface area contributed by atoms with Crippen molar-refractivity contribution in [3.8, 4) is 0 Å². The van der Waals surface area contributed by atoms with Crippen molar-refractivity contribution in [3.05, 3.63) is 59.1 Å². The molecular formula is C19H15ClN3O4S-. The Morgan fingerprint density at radius 1 is 1.25 bits per heavy atom. The number of thioether (sulfide) groups is 1. The predicted molar refractivity (Wildman–Crippen MR) is 107 cm³/mol. The molecular weight excluding hydrogens is 402 g/mol. The van der Waals surface area contributed by atoms with Crippen molar-refractivity contribution in [2.24, 2.45) is 4.99 Å². The van der Waals surface area contributed by atoms with Crippen molar-refractivity contribution in [3.63, 3.8) is 0 Å². The van der Waals surface area contributed by atoms with E-state index >= 15 is 0 Å². The second kappa shape index (κ2) is 8.45. The van der Waals surface area contributed by atoms with Crippen LogP contribution in [0.15, 0.2) is 53.5 Å². The molecule has 7 nitrogen and oxygen atoms in total. The molecule has 1 aliphatic heterocycles. The van der Waals surface area contributed by atoms with E-state index in [1.54, 1.807) is 37.4 Å². The molecule has 0 spiro atoms. The van der Waals surface area contributed by atoms with Crippen molar-refractivity contribution < 1.29 is 19.5 Å². The number of carboxylic acids is 1. The third-order valence-corrected chi connectivity index (χ3v) is 5.44.